The number of amides is 4. The molecule has 2 atom stereocenters. The summed E-state index contributed by atoms with van der Waals surface area (Å²) in [5.41, 5.74) is 18.2. The Balaban J connectivity index is 1.08. The third-order valence-electron chi connectivity index (χ3n) is 11.0. The van der Waals surface area contributed by atoms with E-state index in [4.69, 9.17) is 30.9 Å². The quantitative estimate of drug-likeness (QED) is 0.135. The van der Waals surface area contributed by atoms with Gasteiger partial charge in [-0.2, -0.15) is 10.2 Å². The number of nitrogens with zero attached hydrogens (tertiary/aromatic N) is 8. The van der Waals surface area contributed by atoms with Gasteiger partial charge in [0.05, 0.1) is 34.5 Å². The number of aryl methyl sites for hydroxylation is 4. The van der Waals surface area contributed by atoms with Crippen LogP contribution in [0.4, 0.5) is 11.9 Å². The first-order chi connectivity index (χ1) is 28.9. The third-order valence-corrected chi connectivity index (χ3v) is 11.0. The summed E-state index contributed by atoms with van der Waals surface area (Å²) in [6, 6.07) is 17.2. The molecule has 0 bridgehead atoms. The molecule has 6 N–H and O–H groups in total. The summed E-state index contributed by atoms with van der Waals surface area (Å²) in [6.45, 7) is 8.89. The second-order valence-electron chi connectivity index (χ2n) is 15.0. The lowest BCUT2D eigenvalue weighted by molar-refractivity contribution is 0.0991. The monoisotopic (exact) mass is 810 g/mol. The number of anilines is 2. The number of hydrogen-bond acceptors (Lipinski definition) is 10. The molecular weight excluding hydrogens is 769 g/mol. The van der Waals surface area contributed by atoms with Crippen LogP contribution in [0.3, 0.4) is 0 Å². The number of imidazole rings is 2. The van der Waals surface area contributed by atoms with Crippen LogP contribution in [-0.4, -0.2) is 75.5 Å². The summed E-state index contributed by atoms with van der Waals surface area (Å²) in [6.07, 6.45) is 0.950. The maximum Gasteiger partial charge on any atom is 0.276 e. The van der Waals surface area contributed by atoms with Crippen LogP contribution in [0.15, 0.2) is 60.7 Å². The molecule has 0 unspecified atom stereocenters. The number of primary amides is 2. The summed E-state index contributed by atoms with van der Waals surface area (Å²) < 4.78 is 19.8. The summed E-state index contributed by atoms with van der Waals surface area (Å²) >= 11 is 0. The van der Waals surface area contributed by atoms with Gasteiger partial charge in [-0.25, -0.2) is 9.97 Å². The number of carbonyl (C=O) groups excluding carboxylic acids is 4. The van der Waals surface area contributed by atoms with E-state index in [0.29, 0.717) is 94.2 Å². The van der Waals surface area contributed by atoms with Gasteiger partial charge >= 0.3 is 0 Å². The van der Waals surface area contributed by atoms with Crippen molar-refractivity contribution in [1.29, 1.82) is 0 Å². The van der Waals surface area contributed by atoms with Crippen LogP contribution >= 0.6 is 0 Å². The highest BCUT2D eigenvalue weighted by Gasteiger charge is 2.33. The molecular formula is C42H42N12O6. The molecule has 6 heterocycles. The fraction of sp³-hybridized carbons (Fsp3) is 0.286. The second kappa shape index (κ2) is 14.7. The Kier molecular flexibility index (Phi) is 9.32. The molecule has 18 nitrogen and oxygen atoms in total. The zero-order valence-electron chi connectivity index (χ0n) is 33.4. The molecule has 0 saturated heterocycles. The molecule has 0 spiro atoms. The van der Waals surface area contributed by atoms with Crippen LogP contribution in [0.5, 0.6) is 11.5 Å². The van der Waals surface area contributed by atoms with Gasteiger partial charge in [0.25, 0.3) is 11.8 Å². The molecule has 60 heavy (non-hydrogen) atoms. The predicted molar refractivity (Wildman–Crippen MR) is 221 cm³/mol. The van der Waals surface area contributed by atoms with Gasteiger partial charge in [0.15, 0.2) is 0 Å². The van der Waals surface area contributed by atoms with E-state index in [0.717, 1.165) is 11.1 Å². The highest BCUT2D eigenvalue weighted by Crippen LogP contribution is 2.41. The van der Waals surface area contributed by atoms with E-state index < -0.39 is 11.8 Å². The fourth-order valence-corrected chi connectivity index (χ4v) is 8.34. The maximum absolute atomic E-state index is 13.8. The van der Waals surface area contributed by atoms with Crippen molar-refractivity contribution in [1.82, 2.24) is 38.7 Å². The summed E-state index contributed by atoms with van der Waals surface area (Å²) in [5, 5.41) is 14.9. The van der Waals surface area contributed by atoms with Crippen LogP contribution in [0.2, 0.25) is 0 Å². The van der Waals surface area contributed by atoms with Crippen LogP contribution in [0.25, 0.3) is 22.1 Å². The first-order valence-electron chi connectivity index (χ1n) is 19.7. The Morgan fingerprint density at radius 1 is 0.667 bits per heavy atom. The van der Waals surface area contributed by atoms with Gasteiger partial charge in [-0.3, -0.25) is 48.3 Å². The van der Waals surface area contributed by atoms with Crippen molar-refractivity contribution in [2.75, 3.05) is 23.8 Å². The molecule has 3 aromatic carbocycles. The lowest BCUT2D eigenvalue weighted by atomic mass is 9.94. The van der Waals surface area contributed by atoms with Gasteiger partial charge in [-0.1, -0.05) is 24.3 Å². The van der Waals surface area contributed by atoms with Gasteiger partial charge in [0, 0.05) is 24.2 Å². The molecule has 0 radical (unpaired) electrons. The zero-order valence-corrected chi connectivity index (χ0v) is 33.4. The van der Waals surface area contributed by atoms with Crippen molar-refractivity contribution in [3.8, 4) is 11.5 Å². The molecule has 4 amide bonds. The Labute approximate surface area is 342 Å². The molecule has 306 valence electrons. The average molecular weight is 811 g/mol. The zero-order chi connectivity index (χ0) is 42.0. The average Bonchev–Trinajstić information content (AvgIpc) is 4.00. The molecule has 2 aliphatic heterocycles. The molecule has 9 rings (SSSR count). The van der Waals surface area contributed by atoms with E-state index in [1.54, 1.807) is 45.8 Å². The normalized spacial score (nSPS) is 15.5. The van der Waals surface area contributed by atoms with Crippen molar-refractivity contribution < 1.29 is 28.7 Å². The number of nitrogens with two attached hydrogens (primary N) is 2. The Morgan fingerprint density at radius 3 is 1.47 bits per heavy atom. The van der Waals surface area contributed by atoms with E-state index in [-0.39, 0.29) is 48.2 Å². The van der Waals surface area contributed by atoms with Crippen molar-refractivity contribution in [2.45, 2.75) is 65.7 Å². The lowest BCUT2D eigenvalue weighted by Crippen LogP contribution is -2.29. The van der Waals surface area contributed by atoms with Crippen LogP contribution < -0.4 is 31.6 Å². The Hall–Kier alpha value is -7.50. The highest BCUT2D eigenvalue weighted by molar-refractivity contribution is 6.05. The fourth-order valence-electron chi connectivity index (χ4n) is 8.34. The molecule has 18 heteroatoms. The first-order valence-corrected chi connectivity index (χ1v) is 19.7. The van der Waals surface area contributed by atoms with Crippen LogP contribution in [0, 0.1) is 13.8 Å². The highest BCUT2D eigenvalue weighted by atomic mass is 16.5. The van der Waals surface area contributed by atoms with Gasteiger partial charge in [-0.05, 0) is 88.1 Å². The minimum absolute atomic E-state index is 0.206. The third kappa shape index (κ3) is 6.54. The van der Waals surface area contributed by atoms with E-state index in [2.05, 4.69) is 20.8 Å². The maximum atomic E-state index is 13.8. The van der Waals surface area contributed by atoms with E-state index in [1.165, 1.54) is 0 Å². The van der Waals surface area contributed by atoms with E-state index in [9.17, 15) is 19.2 Å². The van der Waals surface area contributed by atoms with Crippen LogP contribution in [-0.2, 0) is 25.9 Å². The lowest BCUT2D eigenvalue weighted by Gasteiger charge is -2.30. The SMILES string of the molecule is CCn1nc(C)cc1C(=O)Nc1nc2cc(C(N)=O)cc3c2n1[C@@H](Cc1ccccc1C[C@H]1COc2cc(C(N)=O)cc4nc(NC(=O)c5cc(C)nn5CC)n1c24)CO3. The number of nitrogens with one attached hydrogen (secondary N) is 2. The van der Waals surface area contributed by atoms with Gasteiger partial charge in [-0.15, -0.1) is 0 Å². The molecule has 0 fully saturated rings. The van der Waals surface area contributed by atoms with E-state index in [1.807, 2.05) is 61.1 Å². The van der Waals surface area contributed by atoms with Crippen molar-refractivity contribution >= 4 is 57.6 Å². The number of hydrogen-bond donors (Lipinski definition) is 4. The van der Waals surface area contributed by atoms with Gasteiger partial charge in [0.1, 0.15) is 47.1 Å². The molecule has 4 aromatic heterocycles. The van der Waals surface area contributed by atoms with Crippen LogP contribution in [0.1, 0.15) is 90.1 Å². The summed E-state index contributed by atoms with van der Waals surface area (Å²) in [4.78, 5) is 61.7. The second-order valence-corrected chi connectivity index (χ2v) is 15.0. The van der Waals surface area contributed by atoms with Gasteiger partial charge < -0.3 is 20.9 Å². The number of carbonyl (C=O) groups is 4. The number of benzene rings is 3. The first kappa shape index (κ1) is 38.0. The molecule has 0 saturated carbocycles. The van der Waals surface area contributed by atoms with E-state index >= 15 is 0 Å². The number of aromatic nitrogens is 8. The predicted octanol–water partition coefficient (Wildman–Crippen LogP) is 4.49. The molecule has 0 aliphatic carbocycles. The Morgan fingerprint density at radius 2 is 1.08 bits per heavy atom. The standard InChI is InChI=1S/C42H42N12O6/c1-5-51-31(11-21(3)49-51)39(57)47-41-45-29-15-25(37(43)55)17-33-35(29)53(41)27(19-59-33)13-23-9-7-8-10-24(23)14-28-20-60-34-18-26(38(44)56)16-30-36(34)54(28)42(46-30)48-40(58)32-12-22(4)50-52(32)6-2/h7-12,15-18,27-28H,5-6,13-14,19-20H2,1-4H3,(H2,43,55)(H2,44,56)(H,45,47,57)(H,46,48,58)/t27-,28-/m0/s1. The minimum Gasteiger partial charge on any atom is -0.489 e. The van der Waals surface area contributed by atoms with Crippen molar-refractivity contribution in [2.24, 2.45) is 11.5 Å². The summed E-state index contributed by atoms with van der Waals surface area (Å²) in [5.74, 6) is -0.566. The minimum atomic E-state index is -0.626. The van der Waals surface area contributed by atoms with Crippen molar-refractivity contribution in [3.05, 3.63) is 106 Å². The number of rotatable bonds is 12. The molecule has 2 aliphatic rings. The Bertz CT molecular complexity index is 2720. The summed E-state index contributed by atoms with van der Waals surface area (Å²) in [7, 11) is 0. The topological polar surface area (TPSA) is 234 Å². The van der Waals surface area contributed by atoms with Gasteiger partial charge in [0.2, 0.25) is 23.7 Å². The smallest absolute Gasteiger partial charge is 0.276 e. The largest absolute Gasteiger partial charge is 0.489 e. The van der Waals surface area contributed by atoms with Crippen molar-refractivity contribution in [3.63, 3.8) is 0 Å². The number of ether oxygens (including phenoxy) is 2. The molecule has 7 aromatic rings.